The molecule has 1 fully saturated rings. The van der Waals surface area contributed by atoms with Gasteiger partial charge in [0, 0.05) is 36.1 Å². The summed E-state index contributed by atoms with van der Waals surface area (Å²) in [5.74, 6) is 2.24. The molecule has 0 aliphatic heterocycles. The normalized spacial score (nSPS) is 18.8. The lowest BCUT2D eigenvalue weighted by atomic mass is 9.92. The van der Waals surface area contributed by atoms with E-state index in [1.54, 1.807) is 6.20 Å². The van der Waals surface area contributed by atoms with Gasteiger partial charge in [0.1, 0.15) is 21.4 Å². The smallest absolute Gasteiger partial charge is 0.224 e. The molecule has 1 aliphatic rings. The Bertz CT molecular complexity index is 1140. The quantitative estimate of drug-likeness (QED) is 0.476. The summed E-state index contributed by atoms with van der Waals surface area (Å²) in [6.45, 7) is 0.351. The van der Waals surface area contributed by atoms with Gasteiger partial charge in [-0.1, -0.05) is 6.07 Å². The van der Waals surface area contributed by atoms with E-state index in [2.05, 4.69) is 10.3 Å². The zero-order valence-corrected chi connectivity index (χ0v) is 19.7. The number of ether oxygens (including phenoxy) is 1. The number of nitrogens with one attached hydrogen (secondary N) is 1. The van der Waals surface area contributed by atoms with E-state index in [0.717, 1.165) is 48.2 Å². The molecule has 174 valence electrons. The van der Waals surface area contributed by atoms with Crippen molar-refractivity contribution in [2.24, 2.45) is 5.73 Å². The van der Waals surface area contributed by atoms with E-state index < -0.39 is 9.84 Å². The van der Waals surface area contributed by atoms with Gasteiger partial charge in [0.05, 0.1) is 17.9 Å². The molecule has 3 N–H and O–H groups in total. The number of hydrogen-bond acceptors (Lipinski definition) is 7. The fourth-order valence-corrected chi connectivity index (χ4v) is 4.61. The fourth-order valence-electron chi connectivity index (χ4n) is 3.97. The number of sulfone groups is 1. The molecule has 1 saturated carbocycles. The van der Waals surface area contributed by atoms with Gasteiger partial charge in [-0.05, 0) is 56.4 Å². The minimum atomic E-state index is -2.98. The molecule has 0 unspecified atom stereocenters. The van der Waals surface area contributed by atoms with Crippen LogP contribution >= 0.6 is 12.4 Å². The number of benzene rings is 1. The van der Waals surface area contributed by atoms with Crippen LogP contribution in [0.3, 0.4) is 0 Å². The Balaban J connectivity index is 0.00000289. The highest BCUT2D eigenvalue weighted by Gasteiger charge is 2.19. The Morgan fingerprint density at radius 3 is 2.72 bits per heavy atom. The largest absolute Gasteiger partial charge is 0.493 e. The van der Waals surface area contributed by atoms with Gasteiger partial charge in [-0.3, -0.25) is 0 Å². The number of anilines is 1. The molecule has 1 aromatic carbocycles. The van der Waals surface area contributed by atoms with Crippen molar-refractivity contribution in [2.45, 2.75) is 44.2 Å². The maximum absolute atomic E-state index is 11.3. The second-order valence-electron chi connectivity index (χ2n) is 8.20. The van der Waals surface area contributed by atoms with Crippen LogP contribution in [0, 0.1) is 0 Å². The predicted octanol–water partition coefficient (Wildman–Crippen LogP) is 3.34. The lowest BCUT2D eigenvalue weighted by Gasteiger charge is -2.26. The fraction of sp³-hybridized carbons (Fsp3) is 0.455. The van der Waals surface area contributed by atoms with Gasteiger partial charge < -0.3 is 20.4 Å². The molecule has 2 heterocycles. The van der Waals surface area contributed by atoms with Gasteiger partial charge in [0.15, 0.2) is 0 Å². The maximum Gasteiger partial charge on any atom is 0.224 e. The van der Waals surface area contributed by atoms with Gasteiger partial charge >= 0.3 is 0 Å². The van der Waals surface area contributed by atoms with Crippen molar-refractivity contribution >= 4 is 39.1 Å². The summed E-state index contributed by atoms with van der Waals surface area (Å²) in [4.78, 5) is 9.10. The summed E-state index contributed by atoms with van der Waals surface area (Å²) >= 11 is 0. The Hall–Kier alpha value is -2.36. The summed E-state index contributed by atoms with van der Waals surface area (Å²) in [5.41, 5.74) is 6.97. The first kappa shape index (κ1) is 24.3. The molecular weight excluding hydrogens is 450 g/mol. The van der Waals surface area contributed by atoms with Crippen LogP contribution in [0.5, 0.6) is 5.75 Å². The second-order valence-corrected chi connectivity index (χ2v) is 10.5. The van der Waals surface area contributed by atoms with Crippen LogP contribution in [0.1, 0.15) is 32.1 Å². The van der Waals surface area contributed by atoms with Crippen LogP contribution in [0.2, 0.25) is 0 Å². The molecule has 0 bridgehead atoms. The first-order valence-corrected chi connectivity index (χ1v) is 12.7. The van der Waals surface area contributed by atoms with E-state index in [9.17, 15) is 8.42 Å². The highest BCUT2D eigenvalue weighted by molar-refractivity contribution is 7.90. The SMILES string of the molecule is CS(=O)(=O)CCCOc1cccc2c1ccn2-c1ccnc(NC2CCC(N)CC2)n1.Cl. The lowest BCUT2D eigenvalue weighted by Crippen LogP contribution is -2.33. The van der Waals surface area contributed by atoms with E-state index in [1.807, 2.05) is 41.1 Å². The van der Waals surface area contributed by atoms with E-state index in [-0.39, 0.29) is 18.2 Å². The Morgan fingerprint density at radius 2 is 1.97 bits per heavy atom. The molecule has 0 spiro atoms. The highest BCUT2D eigenvalue weighted by atomic mass is 35.5. The van der Waals surface area contributed by atoms with Crippen LogP contribution in [-0.2, 0) is 9.84 Å². The van der Waals surface area contributed by atoms with Crippen LogP contribution < -0.4 is 15.8 Å². The first-order chi connectivity index (χ1) is 14.9. The summed E-state index contributed by atoms with van der Waals surface area (Å²) < 4.78 is 30.5. The van der Waals surface area contributed by atoms with Gasteiger partial charge in [0.25, 0.3) is 0 Å². The number of nitrogens with two attached hydrogens (primary N) is 1. The number of aromatic nitrogens is 3. The molecule has 3 aromatic rings. The lowest BCUT2D eigenvalue weighted by molar-refractivity contribution is 0.321. The molecule has 8 nitrogen and oxygen atoms in total. The molecule has 10 heteroatoms. The molecular formula is C22H30ClN5O3S. The third kappa shape index (κ3) is 6.11. The van der Waals surface area contributed by atoms with E-state index >= 15 is 0 Å². The first-order valence-electron chi connectivity index (χ1n) is 10.7. The van der Waals surface area contributed by atoms with Gasteiger partial charge in [-0.25, -0.2) is 13.4 Å². The van der Waals surface area contributed by atoms with Crippen LogP contribution in [0.4, 0.5) is 5.95 Å². The average molecular weight is 480 g/mol. The van der Waals surface area contributed by atoms with Crippen LogP contribution in [0.15, 0.2) is 42.7 Å². The third-order valence-electron chi connectivity index (χ3n) is 5.60. The van der Waals surface area contributed by atoms with Gasteiger partial charge in [0.2, 0.25) is 5.95 Å². The van der Waals surface area contributed by atoms with Crippen molar-refractivity contribution in [1.82, 2.24) is 14.5 Å². The standard InChI is InChI=1S/C22H29N5O3S.ClH/c1-31(28,29)15-3-14-30-20-5-2-4-19-18(20)11-13-27(19)21-10-12-24-22(26-21)25-17-8-6-16(23)7-9-17;/h2,4-5,10-13,16-17H,3,6-9,14-15,23H2,1H3,(H,24,25,26);1H. The van der Waals surface area contributed by atoms with Gasteiger partial charge in [-0.15, -0.1) is 12.4 Å². The van der Waals surface area contributed by atoms with Crippen molar-refractivity contribution in [2.75, 3.05) is 23.9 Å². The molecule has 2 aromatic heterocycles. The summed E-state index contributed by atoms with van der Waals surface area (Å²) in [6, 6.07) is 10.4. The number of rotatable bonds is 8. The molecule has 0 saturated heterocycles. The second kappa shape index (κ2) is 10.5. The van der Waals surface area contributed by atoms with Crippen LogP contribution in [0.25, 0.3) is 16.7 Å². The van der Waals surface area contributed by atoms with Crippen molar-refractivity contribution in [1.29, 1.82) is 0 Å². The molecule has 1 aliphatic carbocycles. The summed E-state index contributed by atoms with van der Waals surface area (Å²) in [5, 5.41) is 4.40. The van der Waals surface area contributed by atoms with Gasteiger partial charge in [-0.2, -0.15) is 4.98 Å². The molecule has 32 heavy (non-hydrogen) atoms. The molecule has 4 rings (SSSR count). The topological polar surface area (TPSA) is 112 Å². The summed E-state index contributed by atoms with van der Waals surface area (Å²) in [6.07, 6.45) is 9.52. The van der Waals surface area contributed by atoms with Crippen molar-refractivity contribution in [3.8, 4) is 11.6 Å². The van der Waals surface area contributed by atoms with E-state index in [0.29, 0.717) is 31.1 Å². The van der Waals surface area contributed by atoms with Crippen molar-refractivity contribution in [3.05, 3.63) is 42.7 Å². The monoisotopic (exact) mass is 479 g/mol. The molecule has 0 atom stereocenters. The van der Waals surface area contributed by atoms with E-state index in [4.69, 9.17) is 15.5 Å². The average Bonchev–Trinajstić information content (AvgIpc) is 3.17. The Labute approximate surface area is 194 Å². The zero-order valence-electron chi connectivity index (χ0n) is 18.1. The van der Waals surface area contributed by atoms with Crippen molar-refractivity contribution < 1.29 is 13.2 Å². The third-order valence-corrected chi connectivity index (χ3v) is 6.63. The van der Waals surface area contributed by atoms with E-state index in [1.165, 1.54) is 6.26 Å². The maximum atomic E-state index is 11.3. The minimum absolute atomic E-state index is 0. The number of hydrogen-bond donors (Lipinski definition) is 2. The Morgan fingerprint density at radius 1 is 1.19 bits per heavy atom. The number of halogens is 1. The van der Waals surface area contributed by atoms with Crippen LogP contribution in [-0.4, -0.2) is 53.7 Å². The summed E-state index contributed by atoms with van der Waals surface area (Å²) in [7, 11) is -2.98. The molecule has 0 amide bonds. The predicted molar refractivity (Wildman–Crippen MR) is 130 cm³/mol. The number of fused-ring (bicyclic) bond motifs is 1. The zero-order chi connectivity index (χ0) is 21.8. The minimum Gasteiger partial charge on any atom is -0.493 e. The Kier molecular flexibility index (Phi) is 7.97. The molecule has 0 radical (unpaired) electrons. The number of nitrogens with zero attached hydrogens (tertiary/aromatic N) is 3. The highest BCUT2D eigenvalue weighted by Crippen LogP contribution is 2.29. The van der Waals surface area contributed by atoms with Crippen molar-refractivity contribution in [3.63, 3.8) is 0 Å².